The fourth-order valence-corrected chi connectivity index (χ4v) is 9.97. The smallest absolute Gasteiger partial charge is 0.178 e. The lowest BCUT2D eigenvalue weighted by molar-refractivity contribution is 0.634. The first-order valence-corrected chi connectivity index (χ1v) is 16.6. The summed E-state index contributed by atoms with van der Waals surface area (Å²) in [6.45, 7) is 7.08. The van der Waals surface area contributed by atoms with Crippen LogP contribution in [0.15, 0.2) is 106 Å². The first-order valence-electron chi connectivity index (χ1n) is 14.0. The van der Waals surface area contributed by atoms with Gasteiger partial charge in [0.1, 0.15) is 11.2 Å². The van der Waals surface area contributed by atoms with Gasteiger partial charge in [-0.05, 0) is 47.5 Å². The van der Waals surface area contributed by atoms with Gasteiger partial charge in [0.25, 0.3) is 0 Å². The van der Waals surface area contributed by atoms with Crippen molar-refractivity contribution in [2.45, 2.75) is 38.9 Å². The van der Waals surface area contributed by atoms with E-state index in [0.29, 0.717) is 0 Å². The largest absolute Gasteiger partial charge is 0.452 e. The second kappa shape index (κ2) is 9.25. The van der Waals surface area contributed by atoms with Crippen molar-refractivity contribution in [3.63, 3.8) is 0 Å². The molecule has 7 aromatic rings. The molecule has 0 N–H and O–H groups in total. The van der Waals surface area contributed by atoms with E-state index in [-0.39, 0.29) is 0 Å². The number of fused-ring (bicyclic) bond motifs is 7. The number of para-hydroxylation sites is 2. The number of aromatic nitrogens is 1. The van der Waals surface area contributed by atoms with Gasteiger partial charge in [-0.1, -0.05) is 98.7 Å². The van der Waals surface area contributed by atoms with E-state index in [9.17, 15) is 0 Å². The highest BCUT2D eigenvalue weighted by Crippen LogP contribution is 2.41. The van der Waals surface area contributed by atoms with Crippen LogP contribution in [-0.2, 0) is 0 Å². The molecule has 0 aliphatic carbocycles. The summed E-state index contributed by atoms with van der Waals surface area (Å²) in [7, 11) is -1.39. The van der Waals surface area contributed by atoms with Crippen molar-refractivity contribution in [2.75, 3.05) is 0 Å². The molecule has 4 heteroatoms. The quantitative estimate of drug-likeness (QED) is 0.203. The summed E-state index contributed by atoms with van der Waals surface area (Å²) in [5.74, 6) is 0. The predicted octanol–water partition coefficient (Wildman–Crippen LogP) is 9.93. The first-order chi connectivity index (χ1) is 19.2. The summed E-state index contributed by atoms with van der Waals surface area (Å²) in [5.41, 5.74) is 7.56. The van der Waals surface area contributed by atoms with Crippen molar-refractivity contribution in [1.82, 2.24) is 4.98 Å². The van der Waals surface area contributed by atoms with Crippen molar-refractivity contribution < 1.29 is 8.83 Å². The molecule has 192 valence electrons. The maximum Gasteiger partial charge on any atom is 0.178 e. The highest BCUT2D eigenvalue weighted by Gasteiger charge is 2.28. The van der Waals surface area contributed by atoms with E-state index >= 15 is 0 Å². The number of furan rings is 2. The van der Waals surface area contributed by atoms with E-state index in [0.717, 1.165) is 60.7 Å². The van der Waals surface area contributed by atoms with E-state index in [4.69, 9.17) is 13.8 Å². The zero-order valence-corrected chi connectivity index (χ0v) is 23.6. The van der Waals surface area contributed by atoms with Crippen LogP contribution in [0.2, 0.25) is 18.1 Å². The van der Waals surface area contributed by atoms with Gasteiger partial charge in [-0.2, -0.15) is 0 Å². The molecule has 3 heterocycles. The fraction of sp³-hybridized carbons (Fsp3) is 0.171. The Balaban J connectivity index is 1.34. The average molecular weight is 526 g/mol. The monoisotopic (exact) mass is 525 g/mol. The molecule has 39 heavy (non-hydrogen) atoms. The Bertz CT molecular complexity index is 1970. The SMILES string of the molecule is CC[Si](CC)(CC)c1ccc(-c2ccnc(-c3cccc4c3oc3c4ccc4c5ccccc5oc43)c2)cc1. The van der Waals surface area contributed by atoms with Gasteiger partial charge >= 0.3 is 0 Å². The predicted molar refractivity (Wildman–Crippen MR) is 166 cm³/mol. The Morgan fingerprint density at radius 3 is 2.03 bits per heavy atom. The van der Waals surface area contributed by atoms with Crippen molar-refractivity contribution in [3.8, 4) is 22.4 Å². The zero-order valence-electron chi connectivity index (χ0n) is 22.6. The van der Waals surface area contributed by atoms with Crippen LogP contribution in [-0.4, -0.2) is 13.1 Å². The molecule has 0 aliphatic rings. The molecule has 4 aromatic carbocycles. The zero-order chi connectivity index (χ0) is 26.6. The number of rotatable bonds is 6. The van der Waals surface area contributed by atoms with Gasteiger partial charge in [0, 0.05) is 33.3 Å². The third-order valence-electron chi connectivity index (χ3n) is 8.91. The van der Waals surface area contributed by atoms with Crippen LogP contribution in [0, 0.1) is 0 Å². The van der Waals surface area contributed by atoms with Crippen molar-refractivity contribution in [2.24, 2.45) is 0 Å². The van der Waals surface area contributed by atoms with Gasteiger partial charge in [0.05, 0.1) is 13.8 Å². The molecule has 0 saturated carbocycles. The Hall–Kier alpha value is -4.15. The summed E-state index contributed by atoms with van der Waals surface area (Å²) in [6, 6.07) is 36.2. The Kier molecular flexibility index (Phi) is 5.67. The van der Waals surface area contributed by atoms with E-state index in [2.05, 4.69) is 93.6 Å². The third kappa shape index (κ3) is 3.66. The number of hydrogen-bond donors (Lipinski definition) is 0. The average Bonchev–Trinajstić information content (AvgIpc) is 3.57. The minimum Gasteiger partial charge on any atom is -0.452 e. The van der Waals surface area contributed by atoms with Crippen LogP contribution in [0.4, 0.5) is 0 Å². The van der Waals surface area contributed by atoms with E-state index in [1.54, 1.807) is 5.19 Å². The lowest BCUT2D eigenvalue weighted by Gasteiger charge is -2.28. The summed E-state index contributed by atoms with van der Waals surface area (Å²) in [4.78, 5) is 4.77. The Morgan fingerprint density at radius 1 is 0.590 bits per heavy atom. The fourth-order valence-electron chi connectivity index (χ4n) is 6.38. The van der Waals surface area contributed by atoms with E-state index < -0.39 is 8.07 Å². The molecule has 3 nitrogen and oxygen atoms in total. The summed E-state index contributed by atoms with van der Waals surface area (Å²) >= 11 is 0. The minimum absolute atomic E-state index is 0.785. The molecule has 0 bridgehead atoms. The molecule has 7 rings (SSSR count). The van der Waals surface area contributed by atoms with Gasteiger partial charge in [0.2, 0.25) is 0 Å². The highest BCUT2D eigenvalue weighted by atomic mass is 28.3. The topological polar surface area (TPSA) is 39.2 Å². The van der Waals surface area contributed by atoms with Crippen LogP contribution in [0.3, 0.4) is 0 Å². The van der Waals surface area contributed by atoms with E-state index in [1.165, 1.54) is 23.7 Å². The van der Waals surface area contributed by atoms with Crippen LogP contribution < -0.4 is 5.19 Å². The molecule has 0 unspecified atom stereocenters. The summed E-state index contributed by atoms with van der Waals surface area (Å²) in [6.07, 6.45) is 1.90. The van der Waals surface area contributed by atoms with Crippen LogP contribution >= 0.6 is 0 Å². The normalized spacial score (nSPS) is 12.3. The number of hydrogen-bond acceptors (Lipinski definition) is 3. The van der Waals surface area contributed by atoms with Gasteiger partial charge in [0.15, 0.2) is 11.2 Å². The number of benzene rings is 4. The van der Waals surface area contributed by atoms with Gasteiger partial charge < -0.3 is 8.83 Å². The van der Waals surface area contributed by atoms with Crippen LogP contribution in [0.5, 0.6) is 0 Å². The molecule has 0 atom stereocenters. The molecule has 0 amide bonds. The van der Waals surface area contributed by atoms with Crippen molar-refractivity contribution in [3.05, 3.63) is 97.2 Å². The maximum atomic E-state index is 6.59. The van der Waals surface area contributed by atoms with Crippen molar-refractivity contribution >= 4 is 57.1 Å². The standard InChI is InChI=1S/C35H31NO2Si/c1-4-39(5-2,6-3)25-16-14-23(15-17-25)24-20-21-36-31(22-24)30-12-9-11-27-29-19-18-28-26-10-7-8-13-32(26)37-34(28)35(29)38-33(27)30/h7-22H,4-6H2,1-3H3. The van der Waals surface area contributed by atoms with Gasteiger partial charge in [-0.3, -0.25) is 4.98 Å². The summed E-state index contributed by atoms with van der Waals surface area (Å²) in [5, 5.41) is 5.87. The van der Waals surface area contributed by atoms with Crippen LogP contribution in [0.25, 0.3) is 66.3 Å². The van der Waals surface area contributed by atoms with Gasteiger partial charge in [-0.25, -0.2) is 0 Å². The first kappa shape index (κ1) is 23.9. The van der Waals surface area contributed by atoms with Crippen LogP contribution in [0.1, 0.15) is 20.8 Å². The van der Waals surface area contributed by atoms with E-state index in [1.807, 2.05) is 24.4 Å². The molecule has 0 aliphatic heterocycles. The Labute approximate surface area is 229 Å². The lowest BCUT2D eigenvalue weighted by Crippen LogP contribution is -2.45. The second-order valence-electron chi connectivity index (χ2n) is 10.5. The van der Waals surface area contributed by atoms with Crippen molar-refractivity contribution in [1.29, 1.82) is 0 Å². The number of pyridine rings is 1. The summed E-state index contributed by atoms with van der Waals surface area (Å²) < 4.78 is 12.9. The Morgan fingerprint density at radius 2 is 1.26 bits per heavy atom. The maximum absolute atomic E-state index is 6.59. The molecular formula is C35H31NO2Si. The molecule has 0 spiro atoms. The van der Waals surface area contributed by atoms with Gasteiger partial charge in [-0.15, -0.1) is 0 Å². The molecule has 0 saturated heterocycles. The minimum atomic E-state index is -1.39. The molecule has 0 fully saturated rings. The molecule has 0 radical (unpaired) electrons. The molecule has 3 aromatic heterocycles. The lowest BCUT2D eigenvalue weighted by atomic mass is 10.0. The highest BCUT2D eigenvalue weighted by molar-refractivity contribution is 6.91. The third-order valence-corrected chi connectivity index (χ3v) is 14.5. The molecular weight excluding hydrogens is 494 g/mol. The second-order valence-corrected chi connectivity index (χ2v) is 15.8. The number of nitrogens with zero attached hydrogens (tertiary/aromatic N) is 1.